The van der Waals surface area contributed by atoms with E-state index in [1.165, 1.54) is 5.56 Å². The van der Waals surface area contributed by atoms with Crippen LogP contribution in [0.2, 0.25) is 0 Å². The molecule has 3 rings (SSSR count). The Balaban J connectivity index is 1.76. The van der Waals surface area contributed by atoms with Gasteiger partial charge in [-0.2, -0.15) is 0 Å². The summed E-state index contributed by atoms with van der Waals surface area (Å²) in [6.45, 7) is 4.62. The second-order valence-corrected chi connectivity index (χ2v) is 7.71. The molecule has 0 bridgehead atoms. The van der Waals surface area contributed by atoms with Crippen LogP contribution in [0.4, 0.5) is 0 Å². The molecule has 126 valence electrons. The highest BCUT2D eigenvalue weighted by Crippen LogP contribution is 2.30. The molecule has 0 spiro atoms. The zero-order chi connectivity index (χ0) is 16.9. The molecule has 0 aromatic heterocycles. The van der Waals surface area contributed by atoms with Crippen molar-refractivity contribution in [3.63, 3.8) is 0 Å². The molecular formula is C20H24N2OS. The van der Waals surface area contributed by atoms with E-state index < -0.39 is 0 Å². The molecule has 1 fully saturated rings. The minimum atomic E-state index is -0.0815. The average Bonchev–Trinajstić information content (AvgIpc) is 2.62. The van der Waals surface area contributed by atoms with Gasteiger partial charge in [0.25, 0.3) is 0 Å². The summed E-state index contributed by atoms with van der Waals surface area (Å²) in [5, 5.41) is -0.0815. The third-order valence-electron chi connectivity index (χ3n) is 4.45. The van der Waals surface area contributed by atoms with Gasteiger partial charge in [0.05, 0.1) is 11.3 Å². The topological polar surface area (TPSA) is 23.6 Å². The van der Waals surface area contributed by atoms with Gasteiger partial charge in [-0.05, 0) is 31.7 Å². The van der Waals surface area contributed by atoms with Gasteiger partial charge in [-0.25, -0.2) is 0 Å². The third kappa shape index (κ3) is 4.00. The molecule has 4 heteroatoms. The largest absolute Gasteiger partial charge is 0.332 e. The first kappa shape index (κ1) is 17.1. The molecule has 1 aliphatic heterocycles. The van der Waals surface area contributed by atoms with Crippen LogP contribution in [-0.2, 0) is 4.79 Å². The van der Waals surface area contributed by atoms with E-state index in [0.29, 0.717) is 0 Å². The van der Waals surface area contributed by atoms with Gasteiger partial charge in [-0.1, -0.05) is 48.5 Å². The summed E-state index contributed by atoms with van der Waals surface area (Å²) >= 11 is 1.64. The second kappa shape index (κ2) is 7.86. The highest BCUT2D eigenvalue weighted by molar-refractivity contribution is 8.00. The lowest BCUT2D eigenvalue weighted by atomic mass is 10.0. The predicted octanol–water partition coefficient (Wildman–Crippen LogP) is 3.68. The third-order valence-corrected chi connectivity index (χ3v) is 5.55. The smallest absolute Gasteiger partial charge is 0.236 e. The molecule has 0 radical (unpaired) electrons. The number of carbonyl (C=O) groups is 1. The summed E-state index contributed by atoms with van der Waals surface area (Å²) in [5.74, 6) is 0.228. The quantitative estimate of drug-likeness (QED) is 0.793. The summed E-state index contributed by atoms with van der Waals surface area (Å²) in [5.41, 5.74) is 1.22. The van der Waals surface area contributed by atoms with E-state index in [1.807, 2.05) is 31.2 Å². The molecule has 0 unspecified atom stereocenters. The maximum absolute atomic E-state index is 13.1. The number of nitrogens with zero attached hydrogens (tertiary/aromatic N) is 2. The Morgan fingerprint density at radius 2 is 1.67 bits per heavy atom. The van der Waals surface area contributed by atoms with E-state index in [1.54, 1.807) is 11.8 Å². The molecule has 1 aliphatic rings. The lowest BCUT2D eigenvalue weighted by Gasteiger charge is -2.41. The molecule has 0 N–H and O–H groups in total. The van der Waals surface area contributed by atoms with Crippen LogP contribution in [0.3, 0.4) is 0 Å². The van der Waals surface area contributed by atoms with Crippen molar-refractivity contribution in [2.75, 3.05) is 26.7 Å². The fraction of sp³-hybridized carbons (Fsp3) is 0.350. The van der Waals surface area contributed by atoms with E-state index in [4.69, 9.17) is 0 Å². The molecule has 1 heterocycles. The first-order valence-corrected chi connectivity index (χ1v) is 9.29. The number of thioether (sulfide) groups is 1. The fourth-order valence-corrected chi connectivity index (χ4v) is 4.09. The maximum Gasteiger partial charge on any atom is 0.236 e. The predicted molar refractivity (Wildman–Crippen MR) is 100 cm³/mol. The Morgan fingerprint density at radius 1 is 1.04 bits per heavy atom. The molecular weight excluding hydrogens is 316 g/mol. The zero-order valence-corrected chi connectivity index (χ0v) is 15.1. The Labute approximate surface area is 148 Å². The number of carbonyl (C=O) groups excluding carboxylic acids is 1. The van der Waals surface area contributed by atoms with Gasteiger partial charge in [0.1, 0.15) is 0 Å². The molecule has 2 aromatic rings. The number of likely N-dealkylation sites (N-methyl/N-ethyl adjacent to an activating group) is 1. The number of amides is 1. The van der Waals surface area contributed by atoms with E-state index in [-0.39, 0.29) is 17.2 Å². The number of benzene rings is 2. The summed E-state index contributed by atoms with van der Waals surface area (Å²) in [4.78, 5) is 18.6. The SMILES string of the molecule is C[C@@H](Sc1ccccc1)C(=O)N1CCN(C)C[C@H]1c1ccccc1. The average molecular weight is 340 g/mol. The summed E-state index contributed by atoms with van der Waals surface area (Å²) in [7, 11) is 2.12. The Bertz CT molecular complexity index is 662. The van der Waals surface area contributed by atoms with Crippen LogP contribution in [0.15, 0.2) is 65.6 Å². The van der Waals surface area contributed by atoms with Crippen molar-refractivity contribution in [1.82, 2.24) is 9.80 Å². The number of rotatable bonds is 4. The summed E-state index contributed by atoms with van der Waals surface area (Å²) in [6.07, 6.45) is 0. The van der Waals surface area contributed by atoms with Crippen LogP contribution in [-0.4, -0.2) is 47.6 Å². The molecule has 24 heavy (non-hydrogen) atoms. The molecule has 0 aliphatic carbocycles. The lowest BCUT2D eigenvalue weighted by Crippen LogP contribution is -2.51. The number of hydrogen-bond acceptors (Lipinski definition) is 3. The first-order valence-electron chi connectivity index (χ1n) is 8.41. The van der Waals surface area contributed by atoms with Crippen molar-refractivity contribution < 1.29 is 4.79 Å². The van der Waals surface area contributed by atoms with E-state index >= 15 is 0 Å². The van der Waals surface area contributed by atoms with Crippen molar-refractivity contribution in [2.45, 2.75) is 23.1 Å². The van der Waals surface area contributed by atoms with Crippen molar-refractivity contribution >= 4 is 17.7 Å². The van der Waals surface area contributed by atoms with Crippen LogP contribution in [0.1, 0.15) is 18.5 Å². The van der Waals surface area contributed by atoms with Crippen LogP contribution >= 0.6 is 11.8 Å². The standard InChI is InChI=1S/C20H24N2OS/c1-16(24-18-11-7-4-8-12-18)20(23)22-14-13-21(2)15-19(22)17-9-5-3-6-10-17/h3-12,16,19H,13-15H2,1-2H3/t16-,19+/m1/s1. The van der Waals surface area contributed by atoms with Crippen LogP contribution < -0.4 is 0 Å². The molecule has 0 saturated carbocycles. The van der Waals surface area contributed by atoms with Gasteiger partial charge < -0.3 is 9.80 Å². The molecule has 2 aromatic carbocycles. The van der Waals surface area contributed by atoms with Gasteiger partial charge in [0.15, 0.2) is 0 Å². The van der Waals surface area contributed by atoms with Gasteiger partial charge in [0.2, 0.25) is 5.91 Å². The maximum atomic E-state index is 13.1. The fourth-order valence-electron chi connectivity index (χ4n) is 3.13. The number of piperazine rings is 1. The lowest BCUT2D eigenvalue weighted by molar-refractivity contribution is -0.135. The van der Waals surface area contributed by atoms with Gasteiger partial charge >= 0.3 is 0 Å². The normalized spacial score (nSPS) is 19.9. The highest BCUT2D eigenvalue weighted by Gasteiger charge is 2.32. The van der Waals surface area contributed by atoms with Crippen LogP contribution in [0.5, 0.6) is 0 Å². The molecule has 1 saturated heterocycles. The Hall–Kier alpha value is -1.78. The highest BCUT2D eigenvalue weighted by atomic mass is 32.2. The number of hydrogen-bond donors (Lipinski definition) is 0. The first-order chi connectivity index (χ1) is 11.6. The van der Waals surface area contributed by atoms with Crippen LogP contribution in [0.25, 0.3) is 0 Å². The van der Waals surface area contributed by atoms with E-state index in [9.17, 15) is 4.79 Å². The van der Waals surface area contributed by atoms with E-state index in [2.05, 4.69) is 53.2 Å². The van der Waals surface area contributed by atoms with Gasteiger partial charge in [-0.3, -0.25) is 4.79 Å². The molecule has 2 atom stereocenters. The Kier molecular flexibility index (Phi) is 5.59. The minimum absolute atomic E-state index is 0.0815. The van der Waals surface area contributed by atoms with Crippen molar-refractivity contribution in [1.29, 1.82) is 0 Å². The van der Waals surface area contributed by atoms with Crippen molar-refractivity contribution in [2.24, 2.45) is 0 Å². The zero-order valence-electron chi connectivity index (χ0n) is 14.3. The monoisotopic (exact) mass is 340 g/mol. The summed E-state index contributed by atoms with van der Waals surface area (Å²) in [6, 6.07) is 20.7. The van der Waals surface area contributed by atoms with E-state index in [0.717, 1.165) is 24.5 Å². The van der Waals surface area contributed by atoms with Crippen LogP contribution in [0, 0.1) is 0 Å². The van der Waals surface area contributed by atoms with Gasteiger partial charge in [-0.15, -0.1) is 11.8 Å². The van der Waals surface area contributed by atoms with Crippen molar-refractivity contribution in [3.05, 3.63) is 66.2 Å². The second-order valence-electron chi connectivity index (χ2n) is 6.29. The van der Waals surface area contributed by atoms with Gasteiger partial charge in [0, 0.05) is 24.5 Å². The Morgan fingerprint density at radius 3 is 2.33 bits per heavy atom. The van der Waals surface area contributed by atoms with Crippen molar-refractivity contribution in [3.8, 4) is 0 Å². The summed E-state index contributed by atoms with van der Waals surface area (Å²) < 4.78 is 0. The minimum Gasteiger partial charge on any atom is -0.332 e. The molecule has 3 nitrogen and oxygen atoms in total. The molecule has 1 amide bonds.